The van der Waals surface area contributed by atoms with Crippen LogP contribution in [0.3, 0.4) is 0 Å². The summed E-state index contributed by atoms with van der Waals surface area (Å²) in [5.41, 5.74) is 1.17. The molecular weight excluding hydrogens is 268 g/mol. The van der Waals surface area contributed by atoms with Crippen LogP contribution < -0.4 is 0 Å². The molecule has 0 unspecified atom stereocenters. The third-order valence-electron chi connectivity index (χ3n) is 2.49. The van der Waals surface area contributed by atoms with E-state index in [1.54, 1.807) is 23.1 Å². The number of hydrogen-bond acceptors (Lipinski definition) is 6. The Morgan fingerprint density at radius 2 is 2.22 bits per heavy atom. The molecule has 4 nitrogen and oxygen atoms in total. The van der Waals surface area contributed by atoms with E-state index in [4.69, 9.17) is 9.52 Å². The molecule has 0 aliphatic carbocycles. The smallest absolute Gasteiger partial charge is 0.276 e. The second kappa shape index (κ2) is 6.92. The quantitative estimate of drug-likeness (QED) is 0.624. The summed E-state index contributed by atoms with van der Waals surface area (Å²) in [4.78, 5) is 1.05. The Hall–Kier alpha value is -0.850. The number of unbranched alkanes of at least 4 members (excludes halogenated alkanes) is 2. The zero-order chi connectivity index (χ0) is 12.8. The Morgan fingerprint density at radius 3 is 2.94 bits per heavy atom. The Kier molecular flexibility index (Phi) is 5.22. The van der Waals surface area contributed by atoms with Crippen molar-refractivity contribution in [3.8, 4) is 10.8 Å². The highest BCUT2D eigenvalue weighted by atomic mass is 32.2. The lowest BCUT2D eigenvalue weighted by Gasteiger charge is -1.96. The van der Waals surface area contributed by atoms with Crippen LogP contribution in [0.4, 0.5) is 0 Å². The van der Waals surface area contributed by atoms with E-state index in [9.17, 15) is 0 Å². The van der Waals surface area contributed by atoms with Crippen LogP contribution in [0.1, 0.15) is 24.8 Å². The average Bonchev–Trinajstić information content (AvgIpc) is 2.97. The number of aryl methyl sites for hydroxylation is 1. The van der Waals surface area contributed by atoms with Gasteiger partial charge in [-0.25, -0.2) is 0 Å². The fourth-order valence-electron chi connectivity index (χ4n) is 1.50. The van der Waals surface area contributed by atoms with E-state index in [2.05, 4.69) is 10.2 Å². The Labute approximate surface area is 114 Å². The van der Waals surface area contributed by atoms with Crippen molar-refractivity contribution in [1.82, 2.24) is 10.2 Å². The number of aliphatic hydroxyl groups is 1. The average molecular weight is 284 g/mol. The fraction of sp³-hybridized carbons (Fsp3) is 0.500. The van der Waals surface area contributed by atoms with E-state index in [1.807, 2.05) is 18.4 Å². The van der Waals surface area contributed by atoms with Crippen molar-refractivity contribution in [2.24, 2.45) is 0 Å². The molecule has 98 valence electrons. The third kappa shape index (κ3) is 3.57. The molecule has 0 aliphatic heterocycles. The molecule has 0 fully saturated rings. The second-order valence-electron chi connectivity index (χ2n) is 3.94. The molecule has 18 heavy (non-hydrogen) atoms. The summed E-state index contributed by atoms with van der Waals surface area (Å²) in [6.45, 7) is 2.31. The number of nitrogens with zero attached hydrogens (tertiary/aromatic N) is 2. The number of aromatic nitrogens is 2. The third-order valence-corrected chi connectivity index (χ3v) is 4.40. The fourth-order valence-corrected chi connectivity index (χ4v) is 3.11. The van der Waals surface area contributed by atoms with Gasteiger partial charge in [0.2, 0.25) is 0 Å². The maximum atomic E-state index is 8.67. The van der Waals surface area contributed by atoms with E-state index < -0.39 is 0 Å². The van der Waals surface area contributed by atoms with Crippen LogP contribution in [0.15, 0.2) is 21.1 Å². The van der Waals surface area contributed by atoms with Gasteiger partial charge in [0.25, 0.3) is 11.1 Å². The number of aliphatic hydroxyl groups excluding tert-OH is 1. The van der Waals surface area contributed by atoms with Crippen molar-refractivity contribution in [2.75, 3.05) is 12.4 Å². The van der Waals surface area contributed by atoms with Gasteiger partial charge in [-0.1, -0.05) is 18.2 Å². The lowest BCUT2D eigenvalue weighted by atomic mass is 10.3. The minimum absolute atomic E-state index is 0.271. The normalized spacial score (nSPS) is 11.0. The molecule has 0 saturated carbocycles. The molecule has 0 radical (unpaired) electrons. The van der Waals surface area contributed by atoms with Crippen LogP contribution in [0.2, 0.25) is 0 Å². The minimum atomic E-state index is 0.271. The van der Waals surface area contributed by atoms with E-state index in [0.717, 1.165) is 29.9 Å². The first kappa shape index (κ1) is 13.6. The number of hydrogen-bond donors (Lipinski definition) is 1. The van der Waals surface area contributed by atoms with E-state index in [-0.39, 0.29) is 6.61 Å². The summed E-state index contributed by atoms with van der Waals surface area (Å²) in [5.74, 6) is 1.56. The largest absolute Gasteiger partial charge is 0.410 e. The van der Waals surface area contributed by atoms with Crippen molar-refractivity contribution in [3.63, 3.8) is 0 Å². The van der Waals surface area contributed by atoms with Crippen molar-refractivity contribution in [1.29, 1.82) is 0 Å². The lowest BCUT2D eigenvalue weighted by molar-refractivity contribution is 0.284. The van der Waals surface area contributed by atoms with Crippen LogP contribution >= 0.6 is 23.1 Å². The summed E-state index contributed by atoms with van der Waals surface area (Å²) in [6.07, 6.45) is 2.96. The summed E-state index contributed by atoms with van der Waals surface area (Å²) in [5, 5.41) is 19.4. The van der Waals surface area contributed by atoms with Gasteiger partial charge in [-0.2, -0.15) is 0 Å². The van der Waals surface area contributed by atoms with E-state index in [1.165, 1.54) is 5.56 Å². The molecule has 2 aromatic rings. The number of rotatable bonds is 7. The minimum Gasteiger partial charge on any atom is -0.410 e. The molecule has 0 amide bonds. The van der Waals surface area contributed by atoms with Gasteiger partial charge in [-0.15, -0.1) is 21.5 Å². The summed E-state index contributed by atoms with van der Waals surface area (Å²) < 4.78 is 5.62. The maximum absolute atomic E-state index is 8.67. The van der Waals surface area contributed by atoms with Gasteiger partial charge in [0.1, 0.15) is 0 Å². The monoisotopic (exact) mass is 284 g/mol. The maximum Gasteiger partial charge on any atom is 0.276 e. The molecule has 0 saturated heterocycles. The Morgan fingerprint density at radius 1 is 1.33 bits per heavy atom. The van der Waals surface area contributed by atoms with Crippen molar-refractivity contribution >= 4 is 23.1 Å². The van der Waals surface area contributed by atoms with Gasteiger partial charge >= 0.3 is 0 Å². The topological polar surface area (TPSA) is 59.2 Å². The van der Waals surface area contributed by atoms with Crippen molar-refractivity contribution in [3.05, 3.63) is 17.0 Å². The van der Waals surface area contributed by atoms with Gasteiger partial charge in [0.15, 0.2) is 0 Å². The van der Waals surface area contributed by atoms with Gasteiger partial charge in [-0.05, 0) is 36.8 Å². The summed E-state index contributed by atoms with van der Waals surface area (Å²) in [7, 11) is 0. The lowest BCUT2D eigenvalue weighted by Crippen LogP contribution is -1.85. The first-order valence-corrected chi connectivity index (χ1v) is 7.79. The molecule has 0 aliphatic rings. The highest BCUT2D eigenvalue weighted by Crippen LogP contribution is 2.30. The molecule has 0 bridgehead atoms. The van der Waals surface area contributed by atoms with Crippen molar-refractivity contribution < 1.29 is 9.52 Å². The Balaban J connectivity index is 1.85. The SMILES string of the molecule is Cc1ccsc1-c1nnc(SCCCCCO)o1. The zero-order valence-corrected chi connectivity index (χ0v) is 11.9. The van der Waals surface area contributed by atoms with E-state index >= 15 is 0 Å². The highest BCUT2D eigenvalue weighted by molar-refractivity contribution is 7.99. The van der Waals surface area contributed by atoms with Gasteiger partial charge in [0.05, 0.1) is 4.88 Å². The van der Waals surface area contributed by atoms with Crippen LogP contribution in [-0.2, 0) is 0 Å². The van der Waals surface area contributed by atoms with E-state index in [0.29, 0.717) is 11.1 Å². The predicted octanol–water partition coefficient (Wildman–Crippen LogP) is 3.36. The number of thioether (sulfide) groups is 1. The zero-order valence-electron chi connectivity index (χ0n) is 10.3. The molecule has 2 aromatic heterocycles. The van der Waals surface area contributed by atoms with Crippen LogP contribution in [0, 0.1) is 6.92 Å². The van der Waals surface area contributed by atoms with Crippen LogP contribution in [0.25, 0.3) is 10.8 Å². The molecule has 2 heterocycles. The first-order valence-electron chi connectivity index (χ1n) is 5.93. The molecule has 0 aromatic carbocycles. The second-order valence-corrected chi connectivity index (χ2v) is 5.90. The standard InChI is InChI=1S/C12H16N2O2S2/c1-9-5-8-17-10(9)11-13-14-12(16-11)18-7-4-2-3-6-15/h5,8,15H,2-4,6-7H2,1H3. The molecule has 2 rings (SSSR count). The molecule has 0 spiro atoms. The summed E-state index contributed by atoms with van der Waals surface area (Å²) >= 11 is 3.20. The van der Waals surface area contributed by atoms with Crippen LogP contribution in [-0.4, -0.2) is 27.7 Å². The molecular formula is C12H16N2O2S2. The highest BCUT2D eigenvalue weighted by Gasteiger charge is 2.12. The predicted molar refractivity (Wildman–Crippen MR) is 74.0 cm³/mol. The molecule has 6 heteroatoms. The Bertz CT molecular complexity index is 482. The van der Waals surface area contributed by atoms with Gasteiger partial charge in [-0.3, -0.25) is 0 Å². The van der Waals surface area contributed by atoms with Crippen LogP contribution in [0.5, 0.6) is 0 Å². The van der Waals surface area contributed by atoms with Gasteiger partial charge in [0, 0.05) is 12.4 Å². The summed E-state index contributed by atoms with van der Waals surface area (Å²) in [6, 6.07) is 2.05. The first-order chi connectivity index (χ1) is 8.81. The van der Waals surface area contributed by atoms with Crippen molar-refractivity contribution in [2.45, 2.75) is 31.4 Å². The number of thiophene rings is 1. The molecule has 0 atom stereocenters. The molecule has 1 N–H and O–H groups in total. The van der Waals surface area contributed by atoms with Gasteiger partial charge < -0.3 is 9.52 Å².